The zero-order chi connectivity index (χ0) is 5.82. The molecule has 0 aromatic carbocycles. The quantitative estimate of drug-likeness (QED) is 0.474. The maximum absolute atomic E-state index is 3.56. The van der Waals surface area contributed by atoms with Gasteiger partial charge in [-0.05, 0) is 12.8 Å². The first kappa shape index (κ1) is 5.36. The molecule has 0 saturated heterocycles. The van der Waals surface area contributed by atoms with E-state index >= 15 is 0 Å². The predicted molar refractivity (Wildman–Crippen MR) is 36.7 cm³/mol. The average Bonchev–Trinajstić information content (AvgIpc) is 2.51. The lowest BCUT2D eigenvalue weighted by Crippen LogP contribution is -1.45. The van der Waals surface area contributed by atoms with Crippen molar-refractivity contribution >= 4 is 0 Å². The van der Waals surface area contributed by atoms with Crippen LogP contribution in [0, 0.1) is 0 Å². The SMILES string of the molecule is C=CC=CC=C1CC1. The van der Waals surface area contributed by atoms with Gasteiger partial charge in [-0.25, -0.2) is 0 Å². The summed E-state index contributed by atoms with van der Waals surface area (Å²) >= 11 is 0. The van der Waals surface area contributed by atoms with Crippen molar-refractivity contribution in [1.82, 2.24) is 0 Å². The fourth-order valence-electron chi connectivity index (χ4n) is 0.509. The Morgan fingerprint density at radius 1 is 1.25 bits per heavy atom. The van der Waals surface area contributed by atoms with Gasteiger partial charge in [0.15, 0.2) is 0 Å². The Kier molecular flexibility index (Phi) is 1.68. The molecule has 0 aliphatic heterocycles. The highest BCUT2D eigenvalue weighted by Crippen LogP contribution is 2.27. The Bertz CT molecular complexity index is 132. The van der Waals surface area contributed by atoms with Crippen LogP contribution < -0.4 is 0 Å². The van der Waals surface area contributed by atoms with Gasteiger partial charge in [-0.3, -0.25) is 0 Å². The van der Waals surface area contributed by atoms with Gasteiger partial charge in [-0.1, -0.05) is 36.5 Å². The number of rotatable bonds is 2. The van der Waals surface area contributed by atoms with Gasteiger partial charge in [0.25, 0.3) is 0 Å². The highest BCUT2D eigenvalue weighted by atomic mass is 14.1. The Balaban J connectivity index is 2.29. The van der Waals surface area contributed by atoms with E-state index in [1.165, 1.54) is 12.8 Å². The lowest BCUT2D eigenvalue weighted by molar-refractivity contribution is 1.50. The van der Waals surface area contributed by atoms with Crippen LogP contribution in [0.5, 0.6) is 0 Å². The molecular weight excluding hydrogens is 96.1 g/mol. The molecule has 1 saturated carbocycles. The van der Waals surface area contributed by atoms with Crippen molar-refractivity contribution in [3.63, 3.8) is 0 Å². The lowest BCUT2D eigenvalue weighted by atomic mass is 10.4. The molecule has 0 aromatic heterocycles. The third kappa shape index (κ3) is 1.78. The molecule has 0 heteroatoms. The van der Waals surface area contributed by atoms with Crippen molar-refractivity contribution in [3.8, 4) is 0 Å². The van der Waals surface area contributed by atoms with Crippen molar-refractivity contribution < 1.29 is 0 Å². The van der Waals surface area contributed by atoms with E-state index in [0.29, 0.717) is 0 Å². The minimum absolute atomic E-state index is 1.31. The van der Waals surface area contributed by atoms with Crippen molar-refractivity contribution in [2.24, 2.45) is 0 Å². The Hall–Kier alpha value is -0.780. The second kappa shape index (κ2) is 2.51. The fourth-order valence-corrected chi connectivity index (χ4v) is 0.509. The van der Waals surface area contributed by atoms with Crippen LogP contribution in [-0.4, -0.2) is 0 Å². The van der Waals surface area contributed by atoms with Gasteiger partial charge < -0.3 is 0 Å². The van der Waals surface area contributed by atoms with Crippen LogP contribution in [0.4, 0.5) is 0 Å². The zero-order valence-corrected chi connectivity index (χ0v) is 4.93. The van der Waals surface area contributed by atoms with Crippen LogP contribution in [0.2, 0.25) is 0 Å². The molecule has 0 bridgehead atoms. The zero-order valence-electron chi connectivity index (χ0n) is 4.93. The average molecular weight is 106 g/mol. The van der Waals surface area contributed by atoms with Gasteiger partial charge in [-0.2, -0.15) is 0 Å². The first-order valence-corrected chi connectivity index (χ1v) is 2.90. The molecule has 0 atom stereocenters. The van der Waals surface area contributed by atoms with Gasteiger partial charge in [0.2, 0.25) is 0 Å². The normalized spacial score (nSPS) is 16.8. The molecule has 1 rings (SSSR count). The van der Waals surface area contributed by atoms with E-state index in [2.05, 4.69) is 12.7 Å². The van der Waals surface area contributed by atoms with Crippen molar-refractivity contribution in [2.45, 2.75) is 12.8 Å². The molecular formula is C8H10. The van der Waals surface area contributed by atoms with Crippen molar-refractivity contribution in [3.05, 3.63) is 36.5 Å². The van der Waals surface area contributed by atoms with Gasteiger partial charge in [0.1, 0.15) is 0 Å². The van der Waals surface area contributed by atoms with E-state index < -0.39 is 0 Å². The first-order valence-electron chi connectivity index (χ1n) is 2.90. The fraction of sp³-hybridized carbons (Fsp3) is 0.250. The monoisotopic (exact) mass is 106 g/mol. The standard InChI is InChI=1S/C8H10/c1-2-3-4-5-8-6-7-8/h2-5H,1,6-7H2. The predicted octanol–water partition coefficient (Wildman–Crippen LogP) is 2.45. The molecule has 0 N–H and O–H groups in total. The summed E-state index contributed by atoms with van der Waals surface area (Å²) in [6.07, 6.45) is 10.5. The van der Waals surface area contributed by atoms with Crippen LogP contribution in [0.15, 0.2) is 36.5 Å². The second-order valence-corrected chi connectivity index (χ2v) is 1.95. The summed E-state index contributed by atoms with van der Waals surface area (Å²) in [5.74, 6) is 0. The molecule has 1 aliphatic rings. The summed E-state index contributed by atoms with van der Waals surface area (Å²) in [6, 6.07) is 0. The Morgan fingerprint density at radius 2 is 2.00 bits per heavy atom. The largest absolute Gasteiger partial charge is 0.0991 e. The van der Waals surface area contributed by atoms with E-state index in [0.717, 1.165) is 0 Å². The molecule has 42 valence electrons. The summed E-state index contributed by atoms with van der Waals surface area (Å²) in [5, 5.41) is 0. The van der Waals surface area contributed by atoms with Crippen molar-refractivity contribution in [1.29, 1.82) is 0 Å². The Morgan fingerprint density at radius 3 is 2.50 bits per heavy atom. The summed E-state index contributed by atoms with van der Waals surface area (Å²) in [5.41, 5.74) is 1.56. The molecule has 0 spiro atoms. The highest BCUT2D eigenvalue weighted by Gasteiger charge is 2.07. The lowest BCUT2D eigenvalue weighted by Gasteiger charge is -1.66. The minimum Gasteiger partial charge on any atom is -0.0991 e. The molecule has 0 radical (unpaired) electrons. The first-order chi connectivity index (χ1) is 3.93. The maximum Gasteiger partial charge on any atom is -0.0280 e. The van der Waals surface area contributed by atoms with Gasteiger partial charge >= 0.3 is 0 Å². The minimum atomic E-state index is 1.31. The van der Waals surface area contributed by atoms with Crippen LogP contribution >= 0.6 is 0 Å². The number of hydrogen-bond acceptors (Lipinski definition) is 0. The molecule has 1 fully saturated rings. The summed E-state index contributed by atoms with van der Waals surface area (Å²) < 4.78 is 0. The van der Waals surface area contributed by atoms with E-state index in [1.807, 2.05) is 12.2 Å². The third-order valence-corrected chi connectivity index (χ3v) is 1.12. The van der Waals surface area contributed by atoms with Crippen LogP contribution in [0.25, 0.3) is 0 Å². The molecule has 8 heavy (non-hydrogen) atoms. The van der Waals surface area contributed by atoms with Crippen LogP contribution in [0.1, 0.15) is 12.8 Å². The molecule has 0 unspecified atom stereocenters. The Labute approximate surface area is 50.2 Å². The number of allylic oxidation sites excluding steroid dienone is 5. The van der Waals surface area contributed by atoms with Gasteiger partial charge in [0, 0.05) is 0 Å². The van der Waals surface area contributed by atoms with Gasteiger partial charge in [0.05, 0.1) is 0 Å². The third-order valence-electron chi connectivity index (χ3n) is 1.12. The topological polar surface area (TPSA) is 0 Å². The van der Waals surface area contributed by atoms with Crippen molar-refractivity contribution in [2.75, 3.05) is 0 Å². The molecule has 0 aromatic rings. The molecule has 0 amide bonds. The van der Waals surface area contributed by atoms with Gasteiger partial charge in [-0.15, -0.1) is 0 Å². The summed E-state index contributed by atoms with van der Waals surface area (Å²) in [6.45, 7) is 3.56. The van der Waals surface area contributed by atoms with E-state index in [9.17, 15) is 0 Å². The highest BCUT2D eigenvalue weighted by molar-refractivity contribution is 5.23. The molecule has 0 nitrogen and oxygen atoms in total. The maximum atomic E-state index is 3.56. The van der Waals surface area contributed by atoms with Crippen LogP contribution in [0.3, 0.4) is 0 Å². The van der Waals surface area contributed by atoms with E-state index in [1.54, 1.807) is 11.6 Å². The van der Waals surface area contributed by atoms with E-state index in [-0.39, 0.29) is 0 Å². The summed E-state index contributed by atoms with van der Waals surface area (Å²) in [4.78, 5) is 0. The summed E-state index contributed by atoms with van der Waals surface area (Å²) in [7, 11) is 0. The number of hydrogen-bond donors (Lipinski definition) is 0. The van der Waals surface area contributed by atoms with E-state index in [4.69, 9.17) is 0 Å². The molecule has 0 heterocycles. The van der Waals surface area contributed by atoms with Crippen LogP contribution in [-0.2, 0) is 0 Å². The smallest absolute Gasteiger partial charge is 0.0280 e. The molecule has 1 aliphatic carbocycles. The second-order valence-electron chi connectivity index (χ2n) is 1.95.